The first-order valence-corrected chi connectivity index (χ1v) is 5.51. The minimum atomic E-state index is 0.169. The van der Waals surface area contributed by atoms with Gasteiger partial charge in [-0.05, 0) is 36.8 Å². The quantitative estimate of drug-likeness (QED) is 0.621. The van der Waals surface area contributed by atoms with Crippen LogP contribution in [0.4, 0.5) is 11.4 Å². The summed E-state index contributed by atoms with van der Waals surface area (Å²) < 4.78 is 0. The van der Waals surface area contributed by atoms with Crippen molar-refractivity contribution in [3.05, 3.63) is 65.0 Å². The summed E-state index contributed by atoms with van der Waals surface area (Å²) in [6.45, 7) is 8.77. The summed E-state index contributed by atoms with van der Waals surface area (Å²) in [7, 11) is 0. The number of benzene rings is 2. The number of hydrogen-bond donors (Lipinski definition) is 1. The molecule has 0 aliphatic carbocycles. The third-order valence-corrected chi connectivity index (χ3v) is 2.55. The van der Waals surface area contributed by atoms with Gasteiger partial charge in [-0.2, -0.15) is 0 Å². The van der Waals surface area contributed by atoms with Crippen molar-refractivity contribution in [1.29, 1.82) is 0 Å². The summed E-state index contributed by atoms with van der Waals surface area (Å²) in [4.78, 5) is 7.63. The highest BCUT2D eigenvalue weighted by atomic mass is 16.3. The van der Waals surface area contributed by atoms with Crippen molar-refractivity contribution < 1.29 is 5.11 Å². The largest absolute Gasteiger partial charge is 0.507 e. The third kappa shape index (κ3) is 2.55. The van der Waals surface area contributed by atoms with Gasteiger partial charge in [-0.1, -0.05) is 18.2 Å². The lowest BCUT2D eigenvalue weighted by Gasteiger charge is -2.03. The van der Waals surface area contributed by atoms with Crippen LogP contribution >= 0.6 is 0 Å². The maximum atomic E-state index is 9.90. The number of nitrogens with zero attached hydrogens (tertiary/aromatic N) is 2. The van der Waals surface area contributed by atoms with Gasteiger partial charge in [0.05, 0.1) is 12.3 Å². The summed E-state index contributed by atoms with van der Waals surface area (Å²) >= 11 is 0. The fourth-order valence-corrected chi connectivity index (χ4v) is 1.61. The number of rotatable bonds is 2. The van der Waals surface area contributed by atoms with Gasteiger partial charge in [-0.3, -0.25) is 4.99 Å². The highest BCUT2D eigenvalue weighted by Gasteiger charge is 2.04. The van der Waals surface area contributed by atoms with E-state index >= 15 is 0 Å². The van der Waals surface area contributed by atoms with Crippen LogP contribution in [0.3, 0.4) is 0 Å². The average Bonchev–Trinajstić information content (AvgIpc) is 2.41. The van der Waals surface area contributed by atoms with Gasteiger partial charge in [0.25, 0.3) is 0 Å². The molecule has 1 N–H and O–H groups in total. The lowest BCUT2D eigenvalue weighted by atomic mass is 10.1. The van der Waals surface area contributed by atoms with Gasteiger partial charge in [-0.15, -0.1) is 0 Å². The predicted molar refractivity (Wildman–Crippen MR) is 72.8 cm³/mol. The molecule has 0 saturated heterocycles. The smallest absolute Gasteiger partial charge is 0.188 e. The Hall–Kier alpha value is -2.60. The number of para-hydroxylation sites is 1. The second-order valence-electron chi connectivity index (χ2n) is 3.91. The Morgan fingerprint density at radius 1 is 1.22 bits per heavy atom. The van der Waals surface area contributed by atoms with Gasteiger partial charge in [0.15, 0.2) is 5.69 Å². The van der Waals surface area contributed by atoms with E-state index in [1.54, 1.807) is 25.3 Å². The summed E-state index contributed by atoms with van der Waals surface area (Å²) in [5, 5.41) is 9.90. The van der Waals surface area contributed by atoms with Crippen molar-refractivity contribution in [2.24, 2.45) is 4.99 Å². The van der Waals surface area contributed by atoms with Crippen LogP contribution in [0, 0.1) is 13.5 Å². The van der Waals surface area contributed by atoms with Gasteiger partial charge in [0.1, 0.15) is 5.75 Å². The van der Waals surface area contributed by atoms with E-state index in [1.165, 1.54) is 0 Å². The highest BCUT2D eigenvalue weighted by molar-refractivity contribution is 5.87. The number of phenolic OH excluding ortho intramolecular Hbond substituents is 1. The third-order valence-electron chi connectivity index (χ3n) is 2.55. The Morgan fingerprint density at radius 2 is 1.94 bits per heavy atom. The van der Waals surface area contributed by atoms with E-state index in [0.29, 0.717) is 16.8 Å². The second-order valence-corrected chi connectivity index (χ2v) is 3.91. The van der Waals surface area contributed by atoms with E-state index in [0.717, 1.165) is 5.69 Å². The first-order valence-electron chi connectivity index (χ1n) is 5.51. The summed E-state index contributed by atoms with van der Waals surface area (Å²) in [6, 6.07) is 12.7. The van der Waals surface area contributed by atoms with Crippen LogP contribution in [0.1, 0.15) is 11.1 Å². The molecule has 3 nitrogen and oxygen atoms in total. The Labute approximate surface area is 106 Å². The van der Waals surface area contributed by atoms with Gasteiger partial charge in [0.2, 0.25) is 0 Å². The topological polar surface area (TPSA) is 37.0 Å². The summed E-state index contributed by atoms with van der Waals surface area (Å²) in [5.74, 6) is 0.169. The van der Waals surface area contributed by atoms with Crippen molar-refractivity contribution >= 4 is 17.6 Å². The molecule has 0 amide bonds. The Balaban J connectivity index is 2.38. The van der Waals surface area contributed by atoms with Crippen molar-refractivity contribution in [3.63, 3.8) is 0 Å². The van der Waals surface area contributed by atoms with Gasteiger partial charge < -0.3 is 5.11 Å². The number of aryl methyl sites for hydroxylation is 1. The zero-order chi connectivity index (χ0) is 13.0. The minimum absolute atomic E-state index is 0.169. The molecule has 0 radical (unpaired) electrons. The molecule has 88 valence electrons. The van der Waals surface area contributed by atoms with E-state index < -0.39 is 0 Å². The average molecular weight is 236 g/mol. The van der Waals surface area contributed by atoms with E-state index in [2.05, 4.69) is 9.84 Å². The minimum Gasteiger partial charge on any atom is -0.507 e. The van der Waals surface area contributed by atoms with Gasteiger partial charge >= 0.3 is 0 Å². The molecule has 2 aromatic rings. The molecular formula is C15H12N2O. The Bertz CT molecular complexity index is 625. The lowest BCUT2D eigenvalue weighted by Crippen LogP contribution is -1.85. The Kier molecular flexibility index (Phi) is 3.40. The molecule has 0 unspecified atom stereocenters. The highest BCUT2D eigenvalue weighted by Crippen LogP contribution is 2.27. The molecular weight excluding hydrogens is 224 g/mol. The standard InChI is InChI=1S/C15H12N2O/c1-11-8-14(16-2)9-12(15(11)18)10-17-13-6-4-3-5-7-13/h3-10,18H,1H3. The maximum Gasteiger partial charge on any atom is 0.188 e. The molecule has 2 aromatic carbocycles. The molecule has 0 aliphatic rings. The molecule has 2 rings (SSSR count). The van der Waals surface area contributed by atoms with Crippen molar-refractivity contribution in [2.45, 2.75) is 6.92 Å². The molecule has 0 fully saturated rings. The van der Waals surface area contributed by atoms with Crippen LogP contribution in [0.5, 0.6) is 5.75 Å². The SMILES string of the molecule is [C-]#[N+]c1cc(C)c(O)c(C=Nc2ccccc2)c1. The first-order chi connectivity index (χ1) is 8.70. The predicted octanol–water partition coefficient (Wildman–Crippen LogP) is 4.00. The van der Waals surface area contributed by atoms with Crippen LogP contribution < -0.4 is 0 Å². The van der Waals surface area contributed by atoms with Crippen LogP contribution in [-0.4, -0.2) is 11.3 Å². The summed E-state index contributed by atoms with van der Waals surface area (Å²) in [5.41, 5.74) is 2.55. The van der Waals surface area contributed by atoms with Crippen molar-refractivity contribution in [2.75, 3.05) is 0 Å². The number of hydrogen-bond acceptors (Lipinski definition) is 2. The maximum absolute atomic E-state index is 9.90. The molecule has 0 saturated carbocycles. The Morgan fingerprint density at radius 3 is 2.61 bits per heavy atom. The first kappa shape index (κ1) is 11.9. The van der Waals surface area contributed by atoms with Crippen LogP contribution in [0.2, 0.25) is 0 Å². The van der Waals surface area contributed by atoms with E-state index in [-0.39, 0.29) is 5.75 Å². The zero-order valence-corrected chi connectivity index (χ0v) is 9.96. The number of phenols is 1. The lowest BCUT2D eigenvalue weighted by molar-refractivity contribution is 0.470. The number of aliphatic imine (C=N–C) groups is 1. The van der Waals surface area contributed by atoms with E-state index in [9.17, 15) is 5.11 Å². The van der Waals surface area contributed by atoms with Gasteiger partial charge in [-0.25, -0.2) is 4.85 Å². The molecule has 0 heterocycles. The van der Waals surface area contributed by atoms with E-state index in [1.807, 2.05) is 30.3 Å². The summed E-state index contributed by atoms with van der Waals surface area (Å²) in [6.07, 6.45) is 1.58. The van der Waals surface area contributed by atoms with Crippen molar-refractivity contribution in [1.82, 2.24) is 0 Å². The van der Waals surface area contributed by atoms with Crippen LogP contribution in [-0.2, 0) is 0 Å². The van der Waals surface area contributed by atoms with Crippen LogP contribution in [0.15, 0.2) is 47.5 Å². The molecule has 0 atom stereocenters. The molecule has 3 heteroatoms. The zero-order valence-electron chi connectivity index (χ0n) is 9.96. The molecule has 0 aliphatic heterocycles. The number of aromatic hydroxyl groups is 1. The fourth-order valence-electron chi connectivity index (χ4n) is 1.61. The second kappa shape index (κ2) is 5.15. The van der Waals surface area contributed by atoms with Crippen LogP contribution in [0.25, 0.3) is 4.85 Å². The fraction of sp³-hybridized carbons (Fsp3) is 0.0667. The van der Waals surface area contributed by atoms with Crippen molar-refractivity contribution in [3.8, 4) is 5.75 Å². The van der Waals surface area contributed by atoms with E-state index in [4.69, 9.17) is 6.57 Å². The van der Waals surface area contributed by atoms with Gasteiger partial charge in [0, 0.05) is 11.8 Å². The molecule has 0 aromatic heterocycles. The molecule has 18 heavy (non-hydrogen) atoms. The molecule has 0 spiro atoms. The normalized spacial score (nSPS) is 10.4. The molecule has 0 bridgehead atoms. The monoisotopic (exact) mass is 236 g/mol.